The summed E-state index contributed by atoms with van der Waals surface area (Å²) in [6.07, 6.45) is 3.21. The number of hydrogen-bond donors (Lipinski definition) is 0. The van der Waals surface area contributed by atoms with Crippen molar-refractivity contribution in [3.8, 4) is 11.5 Å². The zero-order chi connectivity index (χ0) is 18.9. The third-order valence-electron chi connectivity index (χ3n) is 5.79. The monoisotopic (exact) mass is 374 g/mol. The van der Waals surface area contributed by atoms with Gasteiger partial charge in [-0.15, -0.1) is 0 Å². The Balaban J connectivity index is 1.59. The minimum absolute atomic E-state index is 0.0641. The minimum atomic E-state index is -0.712. The summed E-state index contributed by atoms with van der Waals surface area (Å²) in [5.74, 6) is 1.21. The molecule has 0 bridgehead atoms. The molecule has 7 nitrogen and oxygen atoms in total. The Labute approximate surface area is 159 Å². The predicted molar refractivity (Wildman–Crippen MR) is 98.1 cm³/mol. The van der Waals surface area contributed by atoms with E-state index in [9.17, 15) is 9.59 Å². The molecule has 146 valence electrons. The van der Waals surface area contributed by atoms with Crippen molar-refractivity contribution in [2.45, 2.75) is 31.2 Å². The number of carbonyl (C=O) groups is 2. The molecule has 1 aromatic carbocycles. The number of piperidine rings is 1. The Morgan fingerprint density at radius 3 is 2.67 bits per heavy atom. The Morgan fingerprint density at radius 2 is 1.89 bits per heavy atom. The number of likely N-dealkylation sites (tertiary alicyclic amines) is 2. The van der Waals surface area contributed by atoms with Crippen LogP contribution in [0.15, 0.2) is 18.2 Å². The van der Waals surface area contributed by atoms with Gasteiger partial charge in [-0.05, 0) is 43.9 Å². The molecule has 1 aromatic rings. The first-order valence-electron chi connectivity index (χ1n) is 9.66. The van der Waals surface area contributed by atoms with E-state index in [-0.39, 0.29) is 11.8 Å². The van der Waals surface area contributed by atoms with Crippen LogP contribution in [0.25, 0.3) is 0 Å². The first-order chi connectivity index (χ1) is 13.2. The van der Waals surface area contributed by atoms with Gasteiger partial charge in [0.1, 0.15) is 18.8 Å². The van der Waals surface area contributed by atoms with Crippen LogP contribution >= 0.6 is 0 Å². The van der Waals surface area contributed by atoms with Gasteiger partial charge in [-0.25, -0.2) is 0 Å². The molecule has 7 heteroatoms. The van der Waals surface area contributed by atoms with Gasteiger partial charge in [-0.1, -0.05) is 0 Å². The second-order valence-electron chi connectivity index (χ2n) is 7.34. The third-order valence-corrected chi connectivity index (χ3v) is 5.79. The number of ether oxygens (including phenoxy) is 3. The number of rotatable bonds is 4. The van der Waals surface area contributed by atoms with Gasteiger partial charge in [-0.3, -0.25) is 9.59 Å². The first kappa shape index (κ1) is 18.1. The molecule has 0 N–H and O–H groups in total. The molecule has 3 aliphatic heterocycles. The van der Waals surface area contributed by atoms with Gasteiger partial charge in [-0.2, -0.15) is 0 Å². The number of amides is 2. The second-order valence-corrected chi connectivity index (χ2v) is 7.34. The summed E-state index contributed by atoms with van der Waals surface area (Å²) in [7, 11) is 1.64. The maximum absolute atomic E-state index is 13.3. The van der Waals surface area contributed by atoms with E-state index in [1.165, 1.54) is 0 Å². The highest BCUT2D eigenvalue weighted by molar-refractivity contribution is 6.00. The van der Waals surface area contributed by atoms with Crippen LogP contribution in [0.4, 0.5) is 0 Å². The molecule has 27 heavy (non-hydrogen) atoms. The molecule has 2 amide bonds. The Kier molecular flexibility index (Phi) is 4.95. The largest absolute Gasteiger partial charge is 0.486 e. The van der Waals surface area contributed by atoms with Crippen LogP contribution in [0, 0.1) is 0 Å². The third kappa shape index (κ3) is 3.14. The van der Waals surface area contributed by atoms with Crippen molar-refractivity contribution in [1.82, 2.24) is 9.80 Å². The van der Waals surface area contributed by atoms with Crippen molar-refractivity contribution in [2.24, 2.45) is 0 Å². The standard InChI is InChI=1S/C20H26N2O5/c1-25-11-10-21-8-2-6-20(19(21)24)7-3-9-22(20)18(23)15-4-5-16-17(14-15)27-13-12-26-16/h4-5,14H,2-3,6-13H2,1H3. The molecule has 2 saturated heterocycles. The summed E-state index contributed by atoms with van der Waals surface area (Å²) < 4.78 is 16.3. The van der Waals surface area contributed by atoms with Gasteiger partial charge in [0, 0.05) is 32.3 Å². The number of nitrogens with zero attached hydrogens (tertiary/aromatic N) is 2. The lowest BCUT2D eigenvalue weighted by Gasteiger charge is -2.44. The zero-order valence-electron chi connectivity index (χ0n) is 15.7. The maximum atomic E-state index is 13.3. The van der Waals surface area contributed by atoms with Crippen LogP contribution < -0.4 is 9.47 Å². The number of benzene rings is 1. The SMILES string of the molecule is COCCN1CCCC2(CCCN2C(=O)c2ccc3c(c2)OCCO3)C1=O. The molecular weight excluding hydrogens is 348 g/mol. The highest BCUT2D eigenvalue weighted by atomic mass is 16.6. The topological polar surface area (TPSA) is 68.3 Å². The molecular formula is C20H26N2O5. The average molecular weight is 374 g/mol. The van der Waals surface area contributed by atoms with Crippen LogP contribution in [-0.4, -0.2) is 73.7 Å². The fourth-order valence-electron chi connectivity index (χ4n) is 4.47. The lowest BCUT2D eigenvalue weighted by Crippen LogP contribution is -2.61. The van der Waals surface area contributed by atoms with Crippen molar-refractivity contribution in [3.63, 3.8) is 0 Å². The summed E-state index contributed by atoms with van der Waals surface area (Å²) in [6.45, 7) is 3.42. The molecule has 1 spiro atoms. The molecule has 3 heterocycles. The smallest absolute Gasteiger partial charge is 0.254 e. The van der Waals surface area contributed by atoms with Crippen molar-refractivity contribution in [2.75, 3.05) is 46.6 Å². The average Bonchev–Trinajstić information content (AvgIpc) is 3.12. The van der Waals surface area contributed by atoms with E-state index in [2.05, 4.69) is 0 Å². The quantitative estimate of drug-likeness (QED) is 0.802. The van der Waals surface area contributed by atoms with Gasteiger partial charge in [0.05, 0.1) is 6.61 Å². The lowest BCUT2D eigenvalue weighted by molar-refractivity contribution is -0.146. The fourth-order valence-corrected chi connectivity index (χ4v) is 4.47. The van der Waals surface area contributed by atoms with Gasteiger partial charge >= 0.3 is 0 Å². The zero-order valence-corrected chi connectivity index (χ0v) is 15.7. The molecule has 3 aliphatic rings. The summed E-state index contributed by atoms with van der Waals surface area (Å²) in [4.78, 5) is 30.2. The van der Waals surface area contributed by atoms with Gasteiger partial charge in [0.25, 0.3) is 5.91 Å². The van der Waals surface area contributed by atoms with E-state index in [1.807, 2.05) is 4.90 Å². The van der Waals surface area contributed by atoms with Crippen LogP contribution in [-0.2, 0) is 9.53 Å². The second kappa shape index (κ2) is 7.38. The number of hydrogen-bond acceptors (Lipinski definition) is 5. The number of carbonyl (C=O) groups excluding carboxylic acids is 2. The van der Waals surface area contributed by atoms with Crippen LogP contribution in [0.2, 0.25) is 0 Å². The summed E-state index contributed by atoms with van der Waals surface area (Å²) in [6, 6.07) is 5.27. The molecule has 0 saturated carbocycles. The molecule has 1 atom stereocenters. The van der Waals surface area contributed by atoms with E-state index in [0.717, 1.165) is 32.2 Å². The minimum Gasteiger partial charge on any atom is -0.486 e. The highest BCUT2D eigenvalue weighted by Crippen LogP contribution is 2.40. The molecule has 2 fully saturated rings. The summed E-state index contributed by atoms with van der Waals surface area (Å²) >= 11 is 0. The van der Waals surface area contributed by atoms with Crippen LogP contribution in [0.3, 0.4) is 0 Å². The normalized spacial score (nSPS) is 24.6. The lowest BCUT2D eigenvalue weighted by atomic mass is 9.85. The number of fused-ring (bicyclic) bond motifs is 1. The maximum Gasteiger partial charge on any atom is 0.254 e. The van der Waals surface area contributed by atoms with Crippen LogP contribution in [0.5, 0.6) is 11.5 Å². The van der Waals surface area contributed by atoms with E-state index in [0.29, 0.717) is 50.0 Å². The molecule has 0 aromatic heterocycles. The van der Waals surface area contributed by atoms with E-state index < -0.39 is 5.54 Å². The van der Waals surface area contributed by atoms with Crippen molar-refractivity contribution in [3.05, 3.63) is 23.8 Å². The highest BCUT2D eigenvalue weighted by Gasteiger charge is 2.52. The summed E-state index contributed by atoms with van der Waals surface area (Å²) in [5.41, 5.74) is -0.168. The predicted octanol–water partition coefficient (Wildman–Crippen LogP) is 1.70. The van der Waals surface area contributed by atoms with E-state index in [1.54, 1.807) is 30.2 Å². The van der Waals surface area contributed by atoms with Crippen molar-refractivity contribution >= 4 is 11.8 Å². The molecule has 0 aliphatic carbocycles. The molecule has 1 unspecified atom stereocenters. The Hall–Kier alpha value is -2.28. The fraction of sp³-hybridized carbons (Fsp3) is 0.600. The van der Waals surface area contributed by atoms with Gasteiger partial charge < -0.3 is 24.0 Å². The van der Waals surface area contributed by atoms with Gasteiger partial charge in [0.15, 0.2) is 11.5 Å². The van der Waals surface area contributed by atoms with E-state index in [4.69, 9.17) is 14.2 Å². The van der Waals surface area contributed by atoms with E-state index >= 15 is 0 Å². The first-order valence-corrected chi connectivity index (χ1v) is 9.66. The molecule has 4 rings (SSSR count). The Bertz CT molecular complexity index is 737. The van der Waals surface area contributed by atoms with Crippen molar-refractivity contribution < 1.29 is 23.8 Å². The number of methoxy groups -OCH3 is 1. The Morgan fingerprint density at radius 1 is 1.15 bits per heavy atom. The summed E-state index contributed by atoms with van der Waals surface area (Å²) in [5, 5.41) is 0. The van der Waals surface area contributed by atoms with Gasteiger partial charge in [0.2, 0.25) is 5.91 Å². The molecule has 0 radical (unpaired) electrons. The van der Waals surface area contributed by atoms with Crippen molar-refractivity contribution in [1.29, 1.82) is 0 Å². The van der Waals surface area contributed by atoms with Crippen LogP contribution in [0.1, 0.15) is 36.0 Å².